The largest absolute Gasteiger partial charge is 0.390 e. The van der Waals surface area contributed by atoms with E-state index in [2.05, 4.69) is 21.8 Å². The summed E-state index contributed by atoms with van der Waals surface area (Å²) >= 11 is 12.1. The fourth-order valence-corrected chi connectivity index (χ4v) is 4.78. The lowest BCUT2D eigenvalue weighted by atomic mass is 10.0. The minimum absolute atomic E-state index is 0.100. The van der Waals surface area contributed by atoms with Crippen LogP contribution in [0.25, 0.3) is 11.0 Å². The van der Waals surface area contributed by atoms with E-state index in [1.165, 1.54) is 30.3 Å². The van der Waals surface area contributed by atoms with Crippen LogP contribution in [0.15, 0.2) is 36.8 Å². The standard InChI is InChI=1S/C24H23Cl2N5O4/c1-13(32)30(7-2-3-14-4-5-18(25)17(9-14)23(27)35)11-15-10-19(21(34)20(15)33)31-8-6-16-22(26)28-12-29-24(16)31/h4-6,8-9,12,15,19-21,33-34H,7,10-11H2,1H3,(H2,27,35)/t15-,19-,20-,21+/m1/s1. The van der Waals surface area contributed by atoms with Crippen molar-refractivity contribution in [2.24, 2.45) is 11.7 Å². The van der Waals surface area contributed by atoms with Crippen LogP contribution in [-0.4, -0.2) is 66.8 Å². The van der Waals surface area contributed by atoms with Crippen molar-refractivity contribution in [2.45, 2.75) is 31.6 Å². The van der Waals surface area contributed by atoms with Crippen LogP contribution >= 0.6 is 23.2 Å². The molecule has 2 heterocycles. The Kier molecular flexibility index (Phi) is 7.28. The first-order chi connectivity index (χ1) is 16.7. The molecule has 1 saturated carbocycles. The molecule has 0 bridgehead atoms. The van der Waals surface area contributed by atoms with Gasteiger partial charge in [-0.3, -0.25) is 9.59 Å². The number of nitrogens with zero attached hydrogens (tertiary/aromatic N) is 4. The highest BCUT2D eigenvalue weighted by molar-refractivity contribution is 6.34. The van der Waals surface area contributed by atoms with Gasteiger partial charge in [0.2, 0.25) is 11.8 Å². The number of hydrogen-bond donors (Lipinski definition) is 3. The molecule has 182 valence electrons. The molecule has 1 aliphatic rings. The van der Waals surface area contributed by atoms with Gasteiger partial charge < -0.3 is 25.4 Å². The van der Waals surface area contributed by atoms with Crippen molar-refractivity contribution in [2.75, 3.05) is 13.1 Å². The van der Waals surface area contributed by atoms with Gasteiger partial charge in [0, 0.05) is 31.1 Å². The third-order valence-electron chi connectivity index (χ3n) is 6.22. The maximum Gasteiger partial charge on any atom is 0.250 e. The molecule has 1 fully saturated rings. The Balaban J connectivity index is 1.48. The molecule has 11 heteroatoms. The molecule has 1 aromatic carbocycles. The number of carbonyl (C=O) groups excluding carboxylic acids is 2. The van der Waals surface area contributed by atoms with E-state index in [1.54, 1.807) is 22.9 Å². The van der Waals surface area contributed by atoms with Gasteiger partial charge in [-0.25, -0.2) is 9.97 Å². The number of carbonyl (C=O) groups is 2. The SMILES string of the molecule is CC(=O)N(CC#Cc1ccc(Cl)c(C(N)=O)c1)C[C@H]1C[C@@H](n2ccc3c(Cl)ncnc32)[C@H](O)[C@@H]1O. The topological polar surface area (TPSA) is 135 Å². The zero-order valence-corrected chi connectivity index (χ0v) is 20.2. The molecule has 9 nitrogen and oxygen atoms in total. The fraction of sp³-hybridized carbons (Fsp3) is 0.333. The maximum atomic E-state index is 12.3. The highest BCUT2D eigenvalue weighted by Gasteiger charge is 2.43. The maximum absolute atomic E-state index is 12.3. The van der Waals surface area contributed by atoms with Gasteiger partial charge in [0.05, 0.1) is 34.7 Å². The van der Waals surface area contributed by atoms with Gasteiger partial charge in [-0.2, -0.15) is 0 Å². The van der Waals surface area contributed by atoms with Crippen molar-refractivity contribution < 1.29 is 19.8 Å². The molecular formula is C24H23Cl2N5O4. The van der Waals surface area contributed by atoms with Crippen molar-refractivity contribution >= 4 is 46.0 Å². The minimum atomic E-state index is -1.05. The molecule has 0 radical (unpaired) electrons. The van der Waals surface area contributed by atoms with E-state index in [1.807, 2.05) is 0 Å². The van der Waals surface area contributed by atoms with Crippen LogP contribution in [-0.2, 0) is 4.79 Å². The van der Waals surface area contributed by atoms with E-state index >= 15 is 0 Å². The number of amides is 2. The van der Waals surface area contributed by atoms with Gasteiger partial charge in [0.15, 0.2) is 0 Å². The number of aliphatic hydroxyl groups is 2. The zero-order chi connectivity index (χ0) is 25.3. The van der Waals surface area contributed by atoms with Crippen LogP contribution in [0, 0.1) is 17.8 Å². The first kappa shape index (κ1) is 24.9. The van der Waals surface area contributed by atoms with Crippen molar-refractivity contribution in [1.29, 1.82) is 0 Å². The lowest BCUT2D eigenvalue weighted by Crippen LogP contribution is -2.38. The first-order valence-electron chi connectivity index (χ1n) is 10.8. The Morgan fingerprint density at radius 3 is 2.71 bits per heavy atom. The quantitative estimate of drug-likeness (QED) is 0.351. The lowest BCUT2D eigenvalue weighted by Gasteiger charge is -2.24. The van der Waals surface area contributed by atoms with Crippen LogP contribution in [0.4, 0.5) is 0 Å². The number of aliphatic hydroxyl groups excluding tert-OH is 2. The summed E-state index contributed by atoms with van der Waals surface area (Å²) in [5.74, 6) is 4.56. The molecule has 2 amide bonds. The number of halogens is 2. The molecule has 4 rings (SSSR count). The second-order valence-corrected chi connectivity index (χ2v) is 9.19. The Hall–Kier alpha value is -3.16. The Labute approximate surface area is 211 Å². The van der Waals surface area contributed by atoms with E-state index in [4.69, 9.17) is 28.9 Å². The molecule has 0 spiro atoms. The third-order valence-corrected chi connectivity index (χ3v) is 6.85. The van der Waals surface area contributed by atoms with Gasteiger partial charge in [-0.15, -0.1) is 0 Å². The summed E-state index contributed by atoms with van der Waals surface area (Å²) in [6.07, 6.45) is 1.43. The molecule has 4 N–H and O–H groups in total. The van der Waals surface area contributed by atoms with Gasteiger partial charge >= 0.3 is 0 Å². The molecule has 3 aromatic rings. The normalized spacial score (nSPS) is 21.5. The molecule has 1 aliphatic carbocycles. The fourth-order valence-electron chi connectivity index (χ4n) is 4.38. The first-order valence-corrected chi connectivity index (χ1v) is 11.6. The number of rotatable bonds is 5. The Morgan fingerprint density at radius 2 is 2.00 bits per heavy atom. The summed E-state index contributed by atoms with van der Waals surface area (Å²) < 4.78 is 1.78. The number of fused-ring (bicyclic) bond motifs is 1. The van der Waals surface area contributed by atoms with Crippen molar-refractivity contribution in [3.63, 3.8) is 0 Å². The predicted molar refractivity (Wildman–Crippen MR) is 131 cm³/mol. The second-order valence-electron chi connectivity index (χ2n) is 8.43. The van der Waals surface area contributed by atoms with Gasteiger partial charge in [0.25, 0.3) is 0 Å². The van der Waals surface area contributed by atoms with Crippen LogP contribution in [0.1, 0.15) is 35.3 Å². The second kappa shape index (κ2) is 10.2. The molecule has 0 unspecified atom stereocenters. The molecule has 2 aromatic heterocycles. The number of nitrogens with two attached hydrogens (primary N) is 1. The summed E-state index contributed by atoms with van der Waals surface area (Å²) in [7, 11) is 0. The van der Waals surface area contributed by atoms with Gasteiger partial charge in [-0.05, 0) is 30.7 Å². The third kappa shape index (κ3) is 5.11. The van der Waals surface area contributed by atoms with E-state index in [-0.39, 0.29) is 35.5 Å². The number of hydrogen-bond acceptors (Lipinski definition) is 6. The lowest BCUT2D eigenvalue weighted by molar-refractivity contribution is -0.129. The Morgan fingerprint density at radius 1 is 1.23 bits per heavy atom. The summed E-state index contributed by atoms with van der Waals surface area (Å²) in [5, 5.41) is 22.7. The van der Waals surface area contributed by atoms with Gasteiger partial charge in [0.1, 0.15) is 23.2 Å². The number of aromatic nitrogens is 3. The zero-order valence-electron chi connectivity index (χ0n) is 18.7. The summed E-state index contributed by atoms with van der Waals surface area (Å²) in [5.41, 5.74) is 6.58. The van der Waals surface area contributed by atoms with Crippen LogP contribution in [0.5, 0.6) is 0 Å². The van der Waals surface area contributed by atoms with Crippen LogP contribution in [0.2, 0.25) is 10.2 Å². The van der Waals surface area contributed by atoms with E-state index in [9.17, 15) is 19.8 Å². The van der Waals surface area contributed by atoms with Crippen molar-refractivity contribution in [1.82, 2.24) is 19.4 Å². The van der Waals surface area contributed by atoms with E-state index < -0.39 is 24.2 Å². The van der Waals surface area contributed by atoms with Crippen LogP contribution in [0.3, 0.4) is 0 Å². The summed E-state index contributed by atoms with van der Waals surface area (Å²) in [6.45, 7) is 1.73. The monoisotopic (exact) mass is 515 g/mol. The van der Waals surface area contributed by atoms with E-state index in [0.29, 0.717) is 28.2 Å². The molecule has 35 heavy (non-hydrogen) atoms. The van der Waals surface area contributed by atoms with E-state index in [0.717, 1.165) is 0 Å². The average molecular weight is 516 g/mol. The summed E-state index contributed by atoms with van der Waals surface area (Å²) in [6, 6.07) is 6.00. The molecule has 4 atom stereocenters. The molecule has 0 aliphatic heterocycles. The van der Waals surface area contributed by atoms with Crippen molar-refractivity contribution in [3.05, 3.63) is 58.1 Å². The molecular weight excluding hydrogens is 493 g/mol. The highest BCUT2D eigenvalue weighted by Crippen LogP contribution is 2.38. The van der Waals surface area contributed by atoms with Crippen LogP contribution < -0.4 is 5.73 Å². The number of primary amides is 1. The average Bonchev–Trinajstić information content (AvgIpc) is 3.36. The Bertz CT molecular complexity index is 1350. The number of benzene rings is 1. The summed E-state index contributed by atoms with van der Waals surface area (Å²) in [4.78, 5) is 33.5. The smallest absolute Gasteiger partial charge is 0.250 e. The van der Waals surface area contributed by atoms with Gasteiger partial charge in [-0.1, -0.05) is 35.0 Å². The predicted octanol–water partition coefficient (Wildman–Crippen LogP) is 2.02. The van der Waals surface area contributed by atoms with Crippen molar-refractivity contribution in [3.8, 4) is 11.8 Å². The molecule has 0 saturated heterocycles. The minimum Gasteiger partial charge on any atom is -0.390 e. The highest BCUT2D eigenvalue weighted by atomic mass is 35.5.